The van der Waals surface area contributed by atoms with Gasteiger partial charge in [-0.05, 0) is 54.8 Å². The molecule has 1 aliphatic rings. The number of hydrogen-bond acceptors (Lipinski definition) is 2. The number of hydrogen-bond donors (Lipinski definition) is 0. The van der Waals surface area contributed by atoms with Gasteiger partial charge in [-0.3, -0.25) is 14.5 Å². The first-order valence-corrected chi connectivity index (χ1v) is 13.2. The van der Waals surface area contributed by atoms with Crippen LogP contribution in [0.5, 0.6) is 0 Å². The van der Waals surface area contributed by atoms with E-state index in [1.807, 2.05) is 83.9 Å². The number of para-hydroxylation sites is 2. The third-order valence-electron chi connectivity index (χ3n) is 6.98. The van der Waals surface area contributed by atoms with Crippen molar-refractivity contribution in [1.29, 1.82) is 0 Å². The lowest BCUT2D eigenvalue weighted by Crippen LogP contribution is -2.46. The fourth-order valence-corrected chi connectivity index (χ4v) is 5.11. The van der Waals surface area contributed by atoms with E-state index in [-0.39, 0.29) is 24.4 Å². The molecule has 1 aliphatic heterocycles. The van der Waals surface area contributed by atoms with Crippen molar-refractivity contribution in [3.63, 3.8) is 0 Å². The van der Waals surface area contributed by atoms with Crippen molar-refractivity contribution in [2.45, 2.75) is 32.7 Å². The molecule has 0 aliphatic carbocycles. The van der Waals surface area contributed by atoms with E-state index >= 15 is 0 Å². The van der Waals surface area contributed by atoms with Crippen LogP contribution in [0.3, 0.4) is 0 Å². The van der Waals surface area contributed by atoms with Crippen LogP contribution in [0, 0.1) is 6.92 Å². The predicted octanol–water partition coefficient (Wildman–Crippen LogP) is 6.56. The summed E-state index contributed by atoms with van der Waals surface area (Å²) in [6.07, 6.45) is 7.20. The zero-order valence-corrected chi connectivity index (χ0v) is 22.0. The molecule has 1 aromatic heterocycles. The lowest BCUT2D eigenvalue weighted by Gasteiger charge is -2.39. The van der Waals surface area contributed by atoms with Crippen molar-refractivity contribution in [2.24, 2.45) is 0 Å². The summed E-state index contributed by atoms with van der Waals surface area (Å²) < 4.78 is 2.16. The molecule has 0 saturated heterocycles. The summed E-state index contributed by atoms with van der Waals surface area (Å²) in [5.41, 5.74) is 5.96. The van der Waals surface area contributed by atoms with Crippen molar-refractivity contribution >= 4 is 23.6 Å². The highest BCUT2D eigenvalue weighted by Gasteiger charge is 2.36. The largest absolute Gasteiger partial charge is 0.330 e. The number of amides is 2. The Bertz CT molecular complexity index is 1450. The normalized spacial score (nSPS) is 14.3. The Hall–Kier alpha value is -4.38. The summed E-state index contributed by atoms with van der Waals surface area (Å²) in [5, 5.41) is 0. The molecular formula is C33H33N3O2. The molecule has 4 aromatic rings. The number of anilines is 1. The average Bonchev–Trinajstić information content (AvgIpc) is 3.43. The zero-order chi connectivity index (χ0) is 26.5. The van der Waals surface area contributed by atoms with Gasteiger partial charge in [0.15, 0.2) is 0 Å². The van der Waals surface area contributed by atoms with Crippen molar-refractivity contribution in [2.75, 3.05) is 18.0 Å². The highest BCUT2D eigenvalue weighted by molar-refractivity contribution is 6.02. The standard InChI is InChI=1S/C33H33N3O2/c1-3-4-21-34(31(37)20-19-26-13-6-5-7-14-26)24-32(38)36-29-17-9-8-16-28(29)35-22-11-18-30(35)33(36)27-15-10-12-25(2)23-27/h5-20,22-23,33H,3-4,21,24H2,1-2H3. The average molecular weight is 504 g/mol. The number of rotatable bonds is 8. The molecule has 2 heterocycles. The molecule has 5 rings (SSSR count). The molecule has 38 heavy (non-hydrogen) atoms. The fourth-order valence-electron chi connectivity index (χ4n) is 5.11. The molecule has 3 aromatic carbocycles. The number of benzene rings is 3. The number of fused-ring (bicyclic) bond motifs is 3. The van der Waals surface area contributed by atoms with Crippen LogP contribution >= 0.6 is 0 Å². The van der Waals surface area contributed by atoms with Crippen molar-refractivity contribution in [3.05, 3.63) is 126 Å². The summed E-state index contributed by atoms with van der Waals surface area (Å²) in [6.45, 7) is 4.69. The number of carbonyl (C=O) groups excluding carboxylic acids is 2. The molecule has 2 amide bonds. The third kappa shape index (κ3) is 5.18. The molecule has 0 N–H and O–H groups in total. The van der Waals surface area contributed by atoms with E-state index in [1.165, 1.54) is 0 Å². The molecule has 0 saturated carbocycles. The molecule has 5 nitrogen and oxygen atoms in total. The van der Waals surface area contributed by atoms with Gasteiger partial charge in [0, 0.05) is 18.8 Å². The van der Waals surface area contributed by atoms with E-state index in [9.17, 15) is 9.59 Å². The fraction of sp³-hybridized carbons (Fsp3) is 0.212. The van der Waals surface area contributed by atoms with Crippen molar-refractivity contribution in [1.82, 2.24) is 9.47 Å². The lowest BCUT2D eigenvalue weighted by atomic mass is 9.96. The molecule has 0 spiro atoms. The Morgan fingerprint density at radius 1 is 0.895 bits per heavy atom. The highest BCUT2D eigenvalue weighted by Crippen LogP contribution is 2.42. The second kappa shape index (κ2) is 11.3. The van der Waals surface area contributed by atoms with Crippen LogP contribution in [-0.2, 0) is 9.59 Å². The maximum absolute atomic E-state index is 14.2. The van der Waals surface area contributed by atoms with Crippen molar-refractivity contribution in [3.8, 4) is 5.69 Å². The van der Waals surface area contributed by atoms with Gasteiger partial charge in [-0.1, -0.05) is 85.6 Å². The minimum Gasteiger partial charge on any atom is -0.330 e. The molecule has 0 bridgehead atoms. The summed E-state index contributed by atoms with van der Waals surface area (Å²) in [7, 11) is 0. The SMILES string of the molecule is CCCCN(CC(=O)N1c2ccccc2-n2cccc2C1c1cccc(C)c1)C(=O)C=Cc1ccccc1. The first-order chi connectivity index (χ1) is 18.6. The number of aromatic nitrogens is 1. The van der Waals surface area contributed by atoms with Gasteiger partial charge in [0.25, 0.3) is 0 Å². The summed E-state index contributed by atoms with van der Waals surface area (Å²) in [5.74, 6) is -0.259. The number of unbranched alkanes of at least 4 members (excludes halogenated alkanes) is 1. The number of carbonyl (C=O) groups is 2. The van der Waals surface area contributed by atoms with E-state index in [0.29, 0.717) is 6.54 Å². The van der Waals surface area contributed by atoms with Gasteiger partial charge in [-0.15, -0.1) is 0 Å². The second-order valence-electron chi connectivity index (χ2n) is 9.73. The van der Waals surface area contributed by atoms with E-state index in [4.69, 9.17) is 0 Å². The third-order valence-corrected chi connectivity index (χ3v) is 6.98. The summed E-state index contributed by atoms with van der Waals surface area (Å²) >= 11 is 0. The van der Waals surface area contributed by atoms with Gasteiger partial charge < -0.3 is 9.47 Å². The van der Waals surface area contributed by atoms with E-state index in [2.05, 4.69) is 42.7 Å². The van der Waals surface area contributed by atoms with Crippen LogP contribution in [0.2, 0.25) is 0 Å². The summed E-state index contributed by atoms with van der Waals surface area (Å²) in [6, 6.07) is 29.8. The molecule has 0 radical (unpaired) electrons. The van der Waals surface area contributed by atoms with Gasteiger partial charge in [0.2, 0.25) is 11.8 Å². The Labute approximate surface area is 224 Å². The van der Waals surface area contributed by atoms with E-state index in [1.54, 1.807) is 11.0 Å². The maximum Gasteiger partial charge on any atom is 0.247 e. The number of aryl methyl sites for hydroxylation is 1. The first-order valence-electron chi connectivity index (χ1n) is 13.2. The van der Waals surface area contributed by atoms with Gasteiger partial charge in [0.05, 0.1) is 17.1 Å². The van der Waals surface area contributed by atoms with Crippen LogP contribution in [0.15, 0.2) is 103 Å². The molecule has 0 fully saturated rings. The Morgan fingerprint density at radius 3 is 2.42 bits per heavy atom. The smallest absolute Gasteiger partial charge is 0.247 e. The molecule has 1 atom stereocenters. The Balaban J connectivity index is 1.50. The van der Waals surface area contributed by atoms with Gasteiger partial charge in [-0.2, -0.15) is 0 Å². The predicted molar refractivity (Wildman–Crippen MR) is 153 cm³/mol. The van der Waals surface area contributed by atoms with E-state index in [0.717, 1.165) is 46.6 Å². The van der Waals surface area contributed by atoms with Gasteiger partial charge >= 0.3 is 0 Å². The summed E-state index contributed by atoms with van der Waals surface area (Å²) in [4.78, 5) is 31.1. The van der Waals surface area contributed by atoms with Crippen LogP contribution in [-0.4, -0.2) is 34.4 Å². The zero-order valence-electron chi connectivity index (χ0n) is 22.0. The van der Waals surface area contributed by atoms with Crippen molar-refractivity contribution < 1.29 is 9.59 Å². The van der Waals surface area contributed by atoms with Crippen LogP contribution in [0.1, 0.15) is 48.2 Å². The number of nitrogens with zero attached hydrogens (tertiary/aromatic N) is 3. The molecular weight excluding hydrogens is 470 g/mol. The first kappa shape index (κ1) is 25.3. The Morgan fingerprint density at radius 2 is 1.66 bits per heavy atom. The minimum atomic E-state index is -0.296. The van der Waals surface area contributed by atoms with Gasteiger partial charge in [-0.25, -0.2) is 0 Å². The minimum absolute atomic E-state index is 0.00925. The second-order valence-corrected chi connectivity index (χ2v) is 9.73. The molecule has 192 valence electrons. The molecule has 1 unspecified atom stereocenters. The lowest BCUT2D eigenvalue weighted by molar-refractivity contribution is -0.131. The Kier molecular flexibility index (Phi) is 7.55. The highest BCUT2D eigenvalue weighted by atomic mass is 16.2. The topological polar surface area (TPSA) is 45.6 Å². The van der Waals surface area contributed by atoms with Gasteiger partial charge in [0.1, 0.15) is 12.6 Å². The van der Waals surface area contributed by atoms with Crippen LogP contribution in [0.25, 0.3) is 11.8 Å². The molecule has 5 heteroatoms. The van der Waals surface area contributed by atoms with Crippen LogP contribution in [0.4, 0.5) is 5.69 Å². The van der Waals surface area contributed by atoms with Crippen LogP contribution < -0.4 is 4.90 Å². The van der Waals surface area contributed by atoms with E-state index < -0.39 is 0 Å². The maximum atomic E-state index is 14.2. The quantitative estimate of drug-likeness (QED) is 0.256. The monoisotopic (exact) mass is 503 g/mol.